The maximum absolute atomic E-state index is 3.82. The number of hydrogen-bond acceptors (Lipinski definition) is 0. The van der Waals surface area contributed by atoms with Gasteiger partial charge in [-0.25, -0.2) is 0 Å². The molecule has 1 radical (unpaired) electrons. The van der Waals surface area contributed by atoms with Gasteiger partial charge in [0.05, 0.1) is 0 Å². The summed E-state index contributed by atoms with van der Waals surface area (Å²) in [6, 6.07) is 0. The second kappa shape index (κ2) is 15.5. The van der Waals surface area contributed by atoms with Crippen LogP contribution in [0.1, 0.15) is 77.6 Å². The van der Waals surface area contributed by atoms with Crippen LogP contribution >= 0.6 is 0 Å². The summed E-state index contributed by atoms with van der Waals surface area (Å²) in [5.74, 6) is 0. The Balaban J connectivity index is 3.07. The zero-order valence-electron chi connectivity index (χ0n) is 11.8. The Morgan fingerprint density at radius 1 is 0.647 bits per heavy atom. The van der Waals surface area contributed by atoms with Gasteiger partial charge in [0.15, 0.2) is 0 Å². The number of rotatable bonds is 12. The number of hydrogen-bond donors (Lipinski definition) is 0. The molecule has 0 saturated carbocycles. The molecule has 0 aliphatic heterocycles. The zero-order chi connectivity index (χ0) is 12.6. The molecule has 0 fully saturated rings. The van der Waals surface area contributed by atoms with E-state index in [2.05, 4.69) is 38.2 Å². The molecule has 0 N–H and O–H groups in total. The minimum absolute atomic E-state index is 1.03. The van der Waals surface area contributed by atoms with Crippen LogP contribution in [0.2, 0.25) is 0 Å². The maximum Gasteiger partial charge on any atom is -0.0351 e. The molecule has 0 aliphatic carbocycles. The fraction of sp³-hybridized carbons (Fsp3) is 0.706. The first-order valence-corrected chi connectivity index (χ1v) is 7.51. The van der Waals surface area contributed by atoms with Crippen molar-refractivity contribution in [3.63, 3.8) is 0 Å². The first-order valence-electron chi connectivity index (χ1n) is 7.51. The third-order valence-electron chi connectivity index (χ3n) is 2.92. The molecule has 0 heteroatoms. The summed E-state index contributed by atoms with van der Waals surface area (Å²) in [6.45, 7) is 6.08. The SMILES string of the molecule is [CH2]CC/C=C/CCCCC/C=C/CCCCC. The van der Waals surface area contributed by atoms with E-state index < -0.39 is 0 Å². The standard InChI is InChI=1S/C17H31/c1-3-5-7-9-11-13-15-17-16-14-12-10-8-6-4-2/h7,9,12,14H,1,3-6,8,10-11,13,15-17H2,2H3/b9-7+,14-12+. The molecule has 0 atom stereocenters. The molecule has 99 valence electrons. The van der Waals surface area contributed by atoms with Gasteiger partial charge >= 0.3 is 0 Å². The lowest BCUT2D eigenvalue weighted by Gasteiger charge is -1.96. The van der Waals surface area contributed by atoms with Gasteiger partial charge in [0.2, 0.25) is 0 Å². The highest BCUT2D eigenvalue weighted by atomic mass is 13.9. The van der Waals surface area contributed by atoms with Gasteiger partial charge in [0, 0.05) is 0 Å². The van der Waals surface area contributed by atoms with E-state index in [9.17, 15) is 0 Å². The topological polar surface area (TPSA) is 0 Å². The van der Waals surface area contributed by atoms with Crippen LogP contribution in [0.3, 0.4) is 0 Å². The summed E-state index contributed by atoms with van der Waals surface area (Å²) in [5.41, 5.74) is 0. The molecule has 0 rings (SSSR count). The first kappa shape index (κ1) is 16.5. The van der Waals surface area contributed by atoms with Gasteiger partial charge in [0.25, 0.3) is 0 Å². The van der Waals surface area contributed by atoms with E-state index in [1.165, 1.54) is 57.8 Å². The number of unbranched alkanes of at least 4 members (excludes halogenated alkanes) is 8. The lowest BCUT2D eigenvalue weighted by Crippen LogP contribution is -1.76. The predicted octanol–water partition coefficient (Wildman–Crippen LogP) is 6.24. The van der Waals surface area contributed by atoms with Gasteiger partial charge in [-0.2, -0.15) is 0 Å². The summed E-state index contributed by atoms with van der Waals surface area (Å²) in [6.07, 6.45) is 23.4. The lowest BCUT2D eigenvalue weighted by molar-refractivity contribution is 0.691. The molecule has 0 amide bonds. The third-order valence-corrected chi connectivity index (χ3v) is 2.92. The summed E-state index contributed by atoms with van der Waals surface area (Å²) in [7, 11) is 0. The van der Waals surface area contributed by atoms with E-state index in [1.807, 2.05) is 0 Å². The van der Waals surface area contributed by atoms with Gasteiger partial charge in [-0.15, -0.1) is 0 Å². The van der Waals surface area contributed by atoms with Crippen molar-refractivity contribution in [1.82, 2.24) is 0 Å². The van der Waals surface area contributed by atoms with Crippen LogP contribution in [-0.2, 0) is 0 Å². The highest BCUT2D eigenvalue weighted by Crippen LogP contribution is 2.06. The Morgan fingerprint density at radius 3 is 1.59 bits per heavy atom. The van der Waals surface area contributed by atoms with Crippen molar-refractivity contribution in [3.05, 3.63) is 31.2 Å². The molecule has 0 aromatic carbocycles. The van der Waals surface area contributed by atoms with Crippen molar-refractivity contribution in [2.75, 3.05) is 0 Å². The summed E-state index contributed by atoms with van der Waals surface area (Å²) in [5, 5.41) is 0. The van der Waals surface area contributed by atoms with Gasteiger partial charge < -0.3 is 0 Å². The van der Waals surface area contributed by atoms with Crippen molar-refractivity contribution < 1.29 is 0 Å². The van der Waals surface area contributed by atoms with Gasteiger partial charge in [-0.1, -0.05) is 57.4 Å². The summed E-state index contributed by atoms with van der Waals surface area (Å²) >= 11 is 0. The molecule has 0 aromatic heterocycles. The molecular weight excluding hydrogens is 204 g/mol. The molecular formula is C17H31. The predicted molar refractivity (Wildman–Crippen MR) is 80.1 cm³/mol. The van der Waals surface area contributed by atoms with Crippen LogP contribution in [0.5, 0.6) is 0 Å². The zero-order valence-corrected chi connectivity index (χ0v) is 11.8. The first-order chi connectivity index (χ1) is 8.41. The normalized spacial score (nSPS) is 11.9. The van der Waals surface area contributed by atoms with Crippen molar-refractivity contribution in [2.45, 2.75) is 77.6 Å². The van der Waals surface area contributed by atoms with E-state index in [4.69, 9.17) is 0 Å². The number of allylic oxidation sites excluding steroid dienone is 4. The maximum atomic E-state index is 3.82. The Morgan fingerprint density at radius 2 is 1.12 bits per heavy atom. The fourth-order valence-corrected chi connectivity index (χ4v) is 1.80. The van der Waals surface area contributed by atoms with Crippen molar-refractivity contribution >= 4 is 0 Å². The average Bonchev–Trinajstić information content (AvgIpc) is 2.35. The average molecular weight is 235 g/mol. The molecule has 0 spiro atoms. The van der Waals surface area contributed by atoms with Crippen LogP contribution in [0.15, 0.2) is 24.3 Å². The highest BCUT2D eigenvalue weighted by Gasteiger charge is 1.86. The van der Waals surface area contributed by atoms with Gasteiger partial charge in [-0.05, 0) is 51.4 Å². The molecule has 0 heterocycles. The quantitative estimate of drug-likeness (QED) is 0.277. The fourth-order valence-electron chi connectivity index (χ4n) is 1.80. The summed E-state index contributed by atoms with van der Waals surface area (Å²) < 4.78 is 0. The largest absolute Gasteiger partial charge is 0.0885 e. The molecule has 0 aromatic rings. The van der Waals surface area contributed by atoms with E-state index in [1.54, 1.807) is 0 Å². The van der Waals surface area contributed by atoms with Crippen molar-refractivity contribution in [2.24, 2.45) is 0 Å². The van der Waals surface area contributed by atoms with Crippen molar-refractivity contribution in [1.29, 1.82) is 0 Å². The Labute approximate surface area is 109 Å². The third kappa shape index (κ3) is 15.5. The Hall–Kier alpha value is -0.520. The molecule has 0 unspecified atom stereocenters. The Bertz CT molecular complexity index is 176. The Kier molecular flexibility index (Phi) is 15.0. The second-order valence-electron chi connectivity index (χ2n) is 4.72. The smallest absolute Gasteiger partial charge is 0.0351 e. The van der Waals surface area contributed by atoms with E-state index in [0.717, 1.165) is 12.8 Å². The van der Waals surface area contributed by atoms with Crippen LogP contribution in [-0.4, -0.2) is 0 Å². The molecule has 17 heavy (non-hydrogen) atoms. The monoisotopic (exact) mass is 235 g/mol. The van der Waals surface area contributed by atoms with Crippen LogP contribution in [0.25, 0.3) is 0 Å². The summed E-state index contributed by atoms with van der Waals surface area (Å²) in [4.78, 5) is 0. The van der Waals surface area contributed by atoms with E-state index in [0.29, 0.717) is 0 Å². The molecule has 0 aliphatic rings. The van der Waals surface area contributed by atoms with Gasteiger partial charge in [0.1, 0.15) is 0 Å². The highest BCUT2D eigenvalue weighted by molar-refractivity contribution is 4.83. The van der Waals surface area contributed by atoms with E-state index >= 15 is 0 Å². The van der Waals surface area contributed by atoms with Crippen LogP contribution in [0, 0.1) is 6.92 Å². The molecule has 0 bridgehead atoms. The lowest BCUT2D eigenvalue weighted by atomic mass is 10.1. The second-order valence-corrected chi connectivity index (χ2v) is 4.72. The van der Waals surface area contributed by atoms with E-state index in [-0.39, 0.29) is 0 Å². The van der Waals surface area contributed by atoms with Crippen LogP contribution in [0.4, 0.5) is 0 Å². The van der Waals surface area contributed by atoms with Crippen molar-refractivity contribution in [3.8, 4) is 0 Å². The minimum atomic E-state index is 1.03. The van der Waals surface area contributed by atoms with Gasteiger partial charge in [-0.3, -0.25) is 0 Å². The minimum Gasteiger partial charge on any atom is -0.0885 e. The van der Waals surface area contributed by atoms with Crippen LogP contribution < -0.4 is 0 Å². The molecule has 0 nitrogen and oxygen atoms in total. The molecule has 0 saturated heterocycles.